The summed E-state index contributed by atoms with van der Waals surface area (Å²) in [5, 5.41) is 10.9. The van der Waals surface area contributed by atoms with E-state index in [9.17, 15) is 23.3 Å². The number of alkyl halides is 3. The van der Waals surface area contributed by atoms with Crippen LogP contribution in [-0.2, 0) is 13.1 Å². The number of furan rings is 1. The SMILES string of the molecule is O=[N+]([O-])c1cn2c(n1)O[C@@H](COc1ccc(N3CCN(Cc4ccc(-c5ccc(OC(F)(F)F)cc5)o4)CC3)cc1)CC2. The number of halogens is 3. The number of rotatable bonds is 9. The van der Waals surface area contributed by atoms with Crippen LogP contribution in [0.5, 0.6) is 17.5 Å². The van der Waals surface area contributed by atoms with Gasteiger partial charge in [0.25, 0.3) is 0 Å². The van der Waals surface area contributed by atoms with Gasteiger partial charge in [0.05, 0.1) is 6.54 Å². The molecule has 0 bridgehead atoms. The molecule has 1 atom stereocenters. The number of fused-ring (bicyclic) bond motifs is 1. The summed E-state index contributed by atoms with van der Waals surface area (Å²) < 4.78 is 60.4. The molecule has 2 aliphatic heterocycles. The zero-order valence-electron chi connectivity index (χ0n) is 22.9. The number of anilines is 1. The minimum absolute atomic E-state index is 0.228. The van der Waals surface area contributed by atoms with E-state index >= 15 is 0 Å². The molecular formula is C29H28F3N5O6. The maximum Gasteiger partial charge on any atom is 0.573 e. The predicted octanol–water partition coefficient (Wildman–Crippen LogP) is 5.50. The summed E-state index contributed by atoms with van der Waals surface area (Å²) >= 11 is 0. The van der Waals surface area contributed by atoms with Crippen molar-refractivity contribution in [2.24, 2.45) is 0 Å². The van der Waals surface area contributed by atoms with Crippen LogP contribution in [0.1, 0.15) is 12.2 Å². The third kappa shape index (κ3) is 7.02. The molecule has 0 spiro atoms. The van der Waals surface area contributed by atoms with Gasteiger partial charge in [0.15, 0.2) is 0 Å². The summed E-state index contributed by atoms with van der Waals surface area (Å²) in [4.78, 5) is 18.9. The van der Waals surface area contributed by atoms with Gasteiger partial charge < -0.3 is 33.6 Å². The molecule has 0 amide bonds. The number of hydrogen-bond donors (Lipinski definition) is 0. The van der Waals surface area contributed by atoms with Crippen LogP contribution in [0.2, 0.25) is 0 Å². The van der Waals surface area contributed by atoms with E-state index < -0.39 is 11.3 Å². The summed E-state index contributed by atoms with van der Waals surface area (Å²) in [5.74, 6) is 1.57. The Hall–Kier alpha value is -4.72. The Bertz CT molecular complexity index is 1550. The molecule has 2 aromatic heterocycles. The van der Waals surface area contributed by atoms with Crippen LogP contribution in [0.25, 0.3) is 11.3 Å². The van der Waals surface area contributed by atoms with Crippen LogP contribution in [0.3, 0.4) is 0 Å². The zero-order chi connectivity index (χ0) is 30.0. The highest BCUT2D eigenvalue weighted by Gasteiger charge is 2.31. The van der Waals surface area contributed by atoms with Crippen molar-refractivity contribution in [3.05, 3.63) is 82.7 Å². The van der Waals surface area contributed by atoms with Gasteiger partial charge in [-0.25, -0.2) is 0 Å². The number of nitro groups is 1. The molecule has 4 heterocycles. The minimum atomic E-state index is -4.73. The minimum Gasteiger partial charge on any atom is -0.490 e. The fraction of sp³-hybridized carbons (Fsp3) is 0.345. The molecule has 11 nitrogen and oxygen atoms in total. The van der Waals surface area contributed by atoms with E-state index in [1.54, 1.807) is 4.57 Å². The molecule has 4 aromatic rings. The number of ether oxygens (including phenoxy) is 3. The Balaban J connectivity index is 0.950. The topological polar surface area (TPSA) is 108 Å². The molecule has 0 unspecified atom stereocenters. The van der Waals surface area contributed by atoms with Gasteiger partial charge in [-0.15, -0.1) is 13.2 Å². The molecule has 1 fully saturated rings. The first-order valence-corrected chi connectivity index (χ1v) is 13.7. The molecular weight excluding hydrogens is 571 g/mol. The number of aryl methyl sites for hydroxylation is 1. The highest BCUT2D eigenvalue weighted by Crippen LogP contribution is 2.29. The van der Waals surface area contributed by atoms with Crippen molar-refractivity contribution in [3.8, 4) is 28.8 Å². The highest BCUT2D eigenvalue weighted by molar-refractivity contribution is 5.58. The molecule has 1 saturated heterocycles. The van der Waals surface area contributed by atoms with Crippen molar-refractivity contribution >= 4 is 11.5 Å². The third-order valence-corrected chi connectivity index (χ3v) is 7.30. The van der Waals surface area contributed by atoms with Crippen molar-refractivity contribution in [1.82, 2.24) is 14.5 Å². The van der Waals surface area contributed by atoms with Crippen molar-refractivity contribution < 1.29 is 36.7 Å². The van der Waals surface area contributed by atoms with Gasteiger partial charge in [-0.1, -0.05) is 0 Å². The van der Waals surface area contributed by atoms with Crippen LogP contribution in [-0.4, -0.2) is 64.6 Å². The molecule has 0 radical (unpaired) electrons. The highest BCUT2D eigenvalue weighted by atomic mass is 19.4. The molecule has 0 N–H and O–H groups in total. The molecule has 0 saturated carbocycles. The van der Waals surface area contributed by atoms with Crippen molar-refractivity contribution in [2.75, 3.05) is 37.7 Å². The molecule has 2 aromatic carbocycles. The number of imidazole rings is 1. The quantitative estimate of drug-likeness (QED) is 0.182. The lowest BCUT2D eigenvalue weighted by Crippen LogP contribution is -2.45. The Morgan fingerprint density at radius 1 is 0.953 bits per heavy atom. The van der Waals surface area contributed by atoms with Gasteiger partial charge in [0, 0.05) is 55.4 Å². The molecule has 0 aliphatic carbocycles. The number of nitrogens with zero attached hydrogens (tertiary/aromatic N) is 5. The van der Waals surface area contributed by atoms with E-state index in [1.807, 2.05) is 36.4 Å². The average Bonchev–Trinajstić information content (AvgIpc) is 3.64. The van der Waals surface area contributed by atoms with E-state index in [4.69, 9.17) is 13.9 Å². The maximum absolute atomic E-state index is 12.4. The lowest BCUT2D eigenvalue weighted by molar-refractivity contribution is -0.389. The number of hydrogen-bond acceptors (Lipinski definition) is 9. The van der Waals surface area contributed by atoms with E-state index in [-0.39, 0.29) is 23.7 Å². The lowest BCUT2D eigenvalue weighted by Gasteiger charge is -2.35. The lowest BCUT2D eigenvalue weighted by atomic mass is 10.2. The van der Waals surface area contributed by atoms with Gasteiger partial charge in [0.1, 0.15) is 41.9 Å². The summed E-state index contributed by atoms with van der Waals surface area (Å²) in [7, 11) is 0. The van der Waals surface area contributed by atoms with Crippen LogP contribution >= 0.6 is 0 Å². The normalized spacial score (nSPS) is 17.3. The van der Waals surface area contributed by atoms with Crippen LogP contribution in [0, 0.1) is 10.1 Å². The summed E-state index contributed by atoms with van der Waals surface area (Å²) in [6.07, 6.45) is -2.93. The van der Waals surface area contributed by atoms with Crippen LogP contribution < -0.4 is 19.1 Å². The molecule has 14 heteroatoms. The summed E-state index contributed by atoms with van der Waals surface area (Å²) in [6, 6.07) is 17.4. The monoisotopic (exact) mass is 599 g/mol. The van der Waals surface area contributed by atoms with Crippen molar-refractivity contribution in [1.29, 1.82) is 0 Å². The second-order valence-electron chi connectivity index (χ2n) is 10.3. The van der Waals surface area contributed by atoms with Gasteiger partial charge in [-0.3, -0.25) is 9.47 Å². The zero-order valence-corrected chi connectivity index (χ0v) is 22.9. The van der Waals surface area contributed by atoms with E-state index in [0.717, 1.165) is 37.6 Å². The van der Waals surface area contributed by atoms with Gasteiger partial charge in [-0.05, 0) is 65.6 Å². The average molecular weight is 600 g/mol. The molecule has 2 aliphatic rings. The second kappa shape index (κ2) is 11.9. The van der Waals surface area contributed by atoms with Gasteiger partial charge in [-0.2, -0.15) is 0 Å². The van der Waals surface area contributed by atoms with Gasteiger partial charge in [0.2, 0.25) is 0 Å². The Kier molecular flexibility index (Phi) is 7.84. The first kappa shape index (κ1) is 28.4. The van der Waals surface area contributed by atoms with E-state index in [2.05, 4.69) is 19.5 Å². The van der Waals surface area contributed by atoms with Crippen molar-refractivity contribution in [2.45, 2.75) is 32.0 Å². The first-order valence-electron chi connectivity index (χ1n) is 13.7. The molecule has 226 valence electrons. The predicted molar refractivity (Wildman–Crippen MR) is 148 cm³/mol. The standard InChI is InChI=1S/C29H28F3N5O6/c30-29(31,32)43-23-5-1-20(2-6-23)26-10-9-24(41-26)17-34-13-15-35(16-14-34)21-3-7-22(8-4-21)40-19-25-11-12-36-18-27(37(38)39)33-28(36)42-25/h1-10,18,25H,11-17,19H2/t25-/m1/s1. The Morgan fingerprint density at radius 2 is 1.67 bits per heavy atom. The fourth-order valence-electron chi connectivity index (χ4n) is 5.10. The molecule has 6 rings (SSSR count). The third-order valence-electron chi connectivity index (χ3n) is 7.30. The smallest absolute Gasteiger partial charge is 0.490 e. The number of benzene rings is 2. The van der Waals surface area contributed by atoms with Crippen LogP contribution in [0.15, 0.2) is 71.3 Å². The molecule has 43 heavy (non-hydrogen) atoms. The van der Waals surface area contributed by atoms with E-state index in [1.165, 1.54) is 30.5 Å². The maximum atomic E-state index is 12.4. The summed E-state index contributed by atoms with van der Waals surface area (Å²) in [5.41, 5.74) is 1.76. The number of piperazine rings is 1. The Morgan fingerprint density at radius 3 is 2.37 bits per heavy atom. The second-order valence-corrected chi connectivity index (χ2v) is 10.3. The first-order chi connectivity index (χ1) is 20.7. The Labute approximate surface area is 244 Å². The van der Waals surface area contributed by atoms with Crippen LogP contribution in [0.4, 0.5) is 24.7 Å². The van der Waals surface area contributed by atoms with Gasteiger partial charge >= 0.3 is 18.2 Å². The largest absolute Gasteiger partial charge is 0.573 e. The fourth-order valence-corrected chi connectivity index (χ4v) is 5.10. The van der Waals surface area contributed by atoms with Crippen molar-refractivity contribution in [3.63, 3.8) is 0 Å². The van der Waals surface area contributed by atoms with E-state index in [0.29, 0.717) is 43.2 Å². The summed E-state index contributed by atoms with van der Waals surface area (Å²) in [6.45, 7) is 4.87. The number of aromatic nitrogens is 2.